The first kappa shape index (κ1) is 15.7. The van der Waals surface area contributed by atoms with Gasteiger partial charge in [0.2, 0.25) is 5.78 Å². The number of hydrogen-bond acceptors (Lipinski definition) is 5. The molecule has 1 heterocycles. The van der Waals surface area contributed by atoms with Crippen molar-refractivity contribution in [1.82, 2.24) is 5.16 Å². The van der Waals surface area contributed by atoms with E-state index in [1.54, 1.807) is 6.07 Å². The van der Waals surface area contributed by atoms with Crippen molar-refractivity contribution in [2.75, 3.05) is 6.26 Å². The highest BCUT2D eigenvalue weighted by atomic mass is 35.5. The normalized spacial score (nSPS) is 11.6. The average molecular weight is 328 g/mol. The van der Waals surface area contributed by atoms with Gasteiger partial charge in [-0.25, -0.2) is 8.42 Å². The second-order valence-electron chi connectivity index (χ2n) is 4.67. The quantitative estimate of drug-likeness (QED) is 0.789. The Morgan fingerprint density at radius 1 is 1.33 bits per heavy atom. The van der Waals surface area contributed by atoms with Crippen LogP contribution in [0.2, 0.25) is 5.02 Å². The minimum Gasteiger partial charge on any atom is -0.361 e. The van der Waals surface area contributed by atoms with Gasteiger partial charge >= 0.3 is 0 Å². The molecule has 0 aliphatic carbocycles. The third-order valence-electron chi connectivity index (χ3n) is 2.90. The van der Waals surface area contributed by atoms with Gasteiger partial charge in [0.15, 0.2) is 15.5 Å². The lowest BCUT2D eigenvalue weighted by Gasteiger charge is -2.03. The zero-order valence-electron chi connectivity index (χ0n) is 11.6. The predicted molar refractivity (Wildman–Crippen MR) is 78.5 cm³/mol. The first-order valence-electron chi connectivity index (χ1n) is 6.33. The smallest absolute Gasteiger partial charge is 0.216 e. The first-order chi connectivity index (χ1) is 9.82. The van der Waals surface area contributed by atoms with E-state index in [-0.39, 0.29) is 21.2 Å². The van der Waals surface area contributed by atoms with Crippen LogP contribution in [0.3, 0.4) is 0 Å². The van der Waals surface area contributed by atoms with Crippen LogP contribution in [0, 0.1) is 0 Å². The van der Waals surface area contributed by atoms with Crippen LogP contribution in [0.4, 0.5) is 0 Å². The molecule has 112 valence electrons. The summed E-state index contributed by atoms with van der Waals surface area (Å²) in [5.41, 5.74) is 0.355. The van der Waals surface area contributed by atoms with Gasteiger partial charge in [-0.05, 0) is 24.6 Å². The number of nitrogens with zero attached hydrogens (tertiary/aromatic N) is 1. The van der Waals surface area contributed by atoms with Crippen LogP contribution in [0.25, 0.3) is 0 Å². The molecule has 0 atom stereocenters. The molecule has 0 fully saturated rings. The van der Waals surface area contributed by atoms with Crippen molar-refractivity contribution < 1.29 is 17.7 Å². The molecule has 0 saturated carbocycles. The summed E-state index contributed by atoms with van der Waals surface area (Å²) >= 11 is 6.00. The van der Waals surface area contributed by atoms with E-state index in [0.29, 0.717) is 12.2 Å². The van der Waals surface area contributed by atoms with Crippen molar-refractivity contribution in [3.05, 3.63) is 46.3 Å². The van der Waals surface area contributed by atoms with Crippen LogP contribution in [-0.4, -0.2) is 25.6 Å². The molecule has 7 heteroatoms. The molecule has 0 unspecified atom stereocenters. The Morgan fingerprint density at radius 3 is 2.62 bits per heavy atom. The van der Waals surface area contributed by atoms with Crippen molar-refractivity contribution in [2.24, 2.45) is 0 Å². The Kier molecular flexibility index (Phi) is 4.49. The highest BCUT2D eigenvalue weighted by Crippen LogP contribution is 2.23. The Bertz CT molecular complexity index is 780. The highest BCUT2D eigenvalue weighted by molar-refractivity contribution is 7.90. The van der Waals surface area contributed by atoms with Crippen LogP contribution in [0.15, 0.2) is 33.7 Å². The van der Waals surface area contributed by atoms with Crippen LogP contribution in [0.1, 0.15) is 35.2 Å². The average Bonchev–Trinajstić information content (AvgIpc) is 2.86. The second kappa shape index (κ2) is 5.99. The number of rotatable bonds is 5. The predicted octanol–water partition coefficient (Wildman–Crippen LogP) is 2.92. The maximum absolute atomic E-state index is 12.3. The molecule has 5 nitrogen and oxygen atoms in total. The van der Waals surface area contributed by atoms with Crippen molar-refractivity contribution in [1.29, 1.82) is 0 Å². The van der Waals surface area contributed by atoms with Crippen LogP contribution < -0.4 is 0 Å². The summed E-state index contributed by atoms with van der Waals surface area (Å²) < 4.78 is 27.9. The van der Waals surface area contributed by atoms with Gasteiger partial charge in [-0.3, -0.25) is 4.79 Å². The Morgan fingerprint density at radius 2 is 2.05 bits per heavy atom. The van der Waals surface area contributed by atoms with Crippen molar-refractivity contribution in [2.45, 2.75) is 24.7 Å². The number of hydrogen-bond donors (Lipinski definition) is 0. The van der Waals surface area contributed by atoms with E-state index in [9.17, 15) is 13.2 Å². The molecule has 0 N–H and O–H groups in total. The van der Waals surface area contributed by atoms with Crippen LogP contribution in [-0.2, 0) is 16.3 Å². The van der Waals surface area contributed by atoms with Crippen LogP contribution in [0.5, 0.6) is 0 Å². The molecule has 0 amide bonds. The lowest BCUT2D eigenvalue weighted by atomic mass is 10.1. The van der Waals surface area contributed by atoms with E-state index in [0.717, 1.165) is 12.7 Å². The molecular formula is C14H14ClNO4S. The fourth-order valence-electron chi connectivity index (χ4n) is 1.83. The number of benzene rings is 1. The largest absolute Gasteiger partial charge is 0.361 e. The molecule has 1 aromatic heterocycles. The van der Waals surface area contributed by atoms with Crippen LogP contribution >= 0.6 is 11.6 Å². The molecule has 0 aliphatic heterocycles. The van der Waals surface area contributed by atoms with E-state index < -0.39 is 15.6 Å². The fraction of sp³-hybridized carbons (Fsp3) is 0.286. The number of ketones is 1. The molecule has 0 spiro atoms. The van der Waals surface area contributed by atoms with Gasteiger partial charge < -0.3 is 4.52 Å². The number of aromatic nitrogens is 1. The van der Waals surface area contributed by atoms with Gasteiger partial charge in [0, 0.05) is 24.3 Å². The fourth-order valence-corrected chi connectivity index (χ4v) is 2.81. The van der Waals surface area contributed by atoms with Gasteiger partial charge in [-0.15, -0.1) is 0 Å². The van der Waals surface area contributed by atoms with E-state index in [2.05, 4.69) is 5.16 Å². The molecular weight excluding hydrogens is 314 g/mol. The molecule has 2 rings (SSSR count). The first-order valence-corrected chi connectivity index (χ1v) is 8.59. The monoisotopic (exact) mass is 327 g/mol. The van der Waals surface area contributed by atoms with E-state index in [4.69, 9.17) is 16.1 Å². The topological polar surface area (TPSA) is 77.2 Å². The Hall–Kier alpha value is -1.66. The number of carbonyl (C=O) groups excluding carboxylic acids is 1. The molecule has 1 aromatic carbocycles. The number of aryl methyl sites for hydroxylation is 1. The molecule has 0 saturated heterocycles. The third-order valence-corrected chi connectivity index (χ3v) is 4.32. The summed E-state index contributed by atoms with van der Waals surface area (Å²) in [6.45, 7) is 1.99. The number of sulfone groups is 1. The van der Waals surface area contributed by atoms with E-state index in [1.165, 1.54) is 18.2 Å². The minimum absolute atomic E-state index is 0.0656. The molecule has 21 heavy (non-hydrogen) atoms. The van der Waals surface area contributed by atoms with Crippen molar-refractivity contribution >= 4 is 27.2 Å². The van der Waals surface area contributed by atoms with Gasteiger partial charge in [0.1, 0.15) is 5.76 Å². The maximum atomic E-state index is 12.3. The lowest BCUT2D eigenvalue weighted by molar-refractivity contribution is 0.103. The van der Waals surface area contributed by atoms with Gasteiger partial charge in [-0.2, -0.15) is 0 Å². The van der Waals surface area contributed by atoms with Gasteiger partial charge in [-0.1, -0.05) is 23.7 Å². The summed E-state index contributed by atoms with van der Waals surface area (Å²) in [5, 5.41) is 3.79. The zero-order chi connectivity index (χ0) is 15.6. The van der Waals surface area contributed by atoms with Gasteiger partial charge in [0.05, 0.1) is 9.92 Å². The van der Waals surface area contributed by atoms with E-state index in [1.807, 2.05) is 6.92 Å². The Balaban J connectivity index is 2.35. The van der Waals surface area contributed by atoms with Gasteiger partial charge in [0.25, 0.3) is 0 Å². The summed E-state index contributed by atoms with van der Waals surface area (Å²) in [6, 6.07) is 5.57. The van der Waals surface area contributed by atoms with Crippen molar-refractivity contribution in [3.8, 4) is 0 Å². The molecule has 2 aromatic rings. The Labute approximate surface area is 127 Å². The van der Waals surface area contributed by atoms with Crippen molar-refractivity contribution in [3.63, 3.8) is 0 Å². The molecule has 0 aliphatic rings. The summed E-state index contributed by atoms with van der Waals surface area (Å²) in [7, 11) is -3.37. The maximum Gasteiger partial charge on any atom is 0.216 e. The third kappa shape index (κ3) is 3.51. The molecule has 0 bridgehead atoms. The number of halogens is 1. The number of carbonyl (C=O) groups is 1. The summed E-state index contributed by atoms with van der Waals surface area (Å²) in [4.78, 5) is 12.4. The highest BCUT2D eigenvalue weighted by Gasteiger charge is 2.19. The standard InChI is InChI=1S/C14H14ClNO4S/c1-3-4-9-7-13(16-20-9)14(17)11-6-5-10(8-12(11)15)21(2,18)19/h5-8H,3-4H2,1-2H3. The summed E-state index contributed by atoms with van der Waals surface area (Å²) in [6.07, 6.45) is 2.66. The second-order valence-corrected chi connectivity index (χ2v) is 7.09. The van der Waals surface area contributed by atoms with E-state index >= 15 is 0 Å². The SMILES string of the molecule is CCCc1cc(C(=O)c2ccc(S(C)(=O)=O)cc2Cl)no1. The zero-order valence-corrected chi connectivity index (χ0v) is 13.2. The summed E-state index contributed by atoms with van der Waals surface area (Å²) in [5.74, 6) is 0.232. The lowest BCUT2D eigenvalue weighted by Crippen LogP contribution is -2.04. The minimum atomic E-state index is -3.37. The molecule has 0 radical (unpaired) electrons.